The molecule has 0 radical (unpaired) electrons. The fraction of sp³-hybridized carbons (Fsp3) is 0.526. The minimum atomic E-state index is -0.264. The molecular weight excluding hydrogens is 360 g/mol. The maximum Gasteiger partial charge on any atom is 0.302 e. The van der Waals surface area contributed by atoms with E-state index in [1.165, 1.54) is 6.92 Å². The second-order valence-electron chi connectivity index (χ2n) is 7.35. The van der Waals surface area contributed by atoms with Gasteiger partial charge in [0.2, 0.25) is 5.91 Å². The Bertz CT molecular complexity index is 924. The van der Waals surface area contributed by atoms with Gasteiger partial charge in [0.15, 0.2) is 5.82 Å². The quantitative estimate of drug-likeness (QED) is 0.727. The minimum absolute atomic E-state index is 0.0446. The van der Waals surface area contributed by atoms with E-state index in [1.807, 2.05) is 13.2 Å². The van der Waals surface area contributed by atoms with Gasteiger partial charge in [0, 0.05) is 58.6 Å². The summed E-state index contributed by atoms with van der Waals surface area (Å²) in [7, 11) is 1.86. The van der Waals surface area contributed by atoms with E-state index in [1.54, 1.807) is 22.7 Å². The monoisotopic (exact) mass is 384 g/mol. The van der Waals surface area contributed by atoms with E-state index < -0.39 is 0 Å². The molecule has 0 spiro atoms. The molecule has 0 N–H and O–H groups in total. The predicted molar refractivity (Wildman–Crippen MR) is 101 cm³/mol. The van der Waals surface area contributed by atoms with Crippen LogP contribution in [0.4, 0.5) is 5.82 Å². The van der Waals surface area contributed by atoms with Gasteiger partial charge in [-0.05, 0) is 0 Å². The summed E-state index contributed by atoms with van der Waals surface area (Å²) in [4.78, 5) is 36.8. The molecule has 1 amide bonds. The molecule has 2 aromatic heterocycles. The Morgan fingerprint density at radius 2 is 2.00 bits per heavy atom. The molecule has 1 atom stereocenters. The molecule has 2 aliphatic heterocycles. The van der Waals surface area contributed by atoms with Crippen molar-refractivity contribution in [3.8, 4) is 11.3 Å². The number of aromatic nitrogens is 4. The van der Waals surface area contributed by atoms with Gasteiger partial charge in [-0.3, -0.25) is 14.3 Å². The van der Waals surface area contributed by atoms with Crippen molar-refractivity contribution >= 4 is 17.7 Å². The van der Waals surface area contributed by atoms with E-state index in [2.05, 4.69) is 10.00 Å². The Morgan fingerprint density at radius 3 is 2.68 bits per heavy atom. The molecule has 0 saturated carbocycles. The molecule has 0 aromatic carbocycles. The lowest BCUT2D eigenvalue weighted by atomic mass is 10.1. The number of rotatable bonds is 3. The fourth-order valence-electron chi connectivity index (χ4n) is 3.80. The van der Waals surface area contributed by atoms with E-state index in [-0.39, 0.29) is 18.0 Å². The zero-order valence-electron chi connectivity index (χ0n) is 16.4. The van der Waals surface area contributed by atoms with Crippen LogP contribution in [0.3, 0.4) is 0 Å². The molecular formula is C19H24N6O3. The van der Waals surface area contributed by atoms with Crippen LogP contribution in [0, 0.1) is 0 Å². The molecule has 148 valence electrons. The van der Waals surface area contributed by atoms with Gasteiger partial charge < -0.3 is 14.5 Å². The Balaban J connectivity index is 1.71. The summed E-state index contributed by atoms with van der Waals surface area (Å²) in [6, 6.07) is 0. The van der Waals surface area contributed by atoms with Crippen LogP contribution < -0.4 is 4.90 Å². The van der Waals surface area contributed by atoms with Gasteiger partial charge in [-0.1, -0.05) is 0 Å². The number of nitrogens with zero attached hydrogens (tertiary/aromatic N) is 6. The van der Waals surface area contributed by atoms with Gasteiger partial charge >= 0.3 is 5.97 Å². The Hall–Kier alpha value is -2.97. The highest BCUT2D eigenvalue weighted by Gasteiger charge is 2.30. The highest BCUT2D eigenvalue weighted by atomic mass is 16.5. The summed E-state index contributed by atoms with van der Waals surface area (Å²) >= 11 is 0. The van der Waals surface area contributed by atoms with Crippen LogP contribution >= 0.6 is 0 Å². The van der Waals surface area contributed by atoms with Crippen molar-refractivity contribution in [3.63, 3.8) is 0 Å². The second kappa shape index (κ2) is 7.21. The van der Waals surface area contributed by atoms with Crippen molar-refractivity contribution in [2.24, 2.45) is 7.05 Å². The molecule has 4 heterocycles. The van der Waals surface area contributed by atoms with Gasteiger partial charge in [-0.2, -0.15) is 5.10 Å². The lowest BCUT2D eigenvalue weighted by molar-refractivity contribution is -0.145. The highest BCUT2D eigenvalue weighted by molar-refractivity contribution is 5.75. The van der Waals surface area contributed by atoms with Crippen LogP contribution in [0.15, 0.2) is 12.4 Å². The van der Waals surface area contributed by atoms with E-state index in [0.29, 0.717) is 26.1 Å². The summed E-state index contributed by atoms with van der Waals surface area (Å²) in [5, 5.41) is 4.27. The fourth-order valence-corrected chi connectivity index (χ4v) is 3.80. The average molecular weight is 384 g/mol. The summed E-state index contributed by atoms with van der Waals surface area (Å²) in [6.07, 6.45) is 4.99. The second-order valence-corrected chi connectivity index (χ2v) is 7.35. The van der Waals surface area contributed by atoms with Crippen molar-refractivity contribution in [2.45, 2.75) is 39.3 Å². The van der Waals surface area contributed by atoms with E-state index >= 15 is 0 Å². The molecule has 9 heteroatoms. The van der Waals surface area contributed by atoms with Gasteiger partial charge in [0.25, 0.3) is 0 Å². The molecule has 1 saturated heterocycles. The Morgan fingerprint density at radius 1 is 1.18 bits per heavy atom. The summed E-state index contributed by atoms with van der Waals surface area (Å²) in [5.74, 6) is 0.570. The summed E-state index contributed by atoms with van der Waals surface area (Å²) < 4.78 is 7.11. The molecule has 2 aromatic rings. The smallest absolute Gasteiger partial charge is 0.302 e. The van der Waals surface area contributed by atoms with Crippen LogP contribution in [0.25, 0.3) is 11.3 Å². The first-order chi connectivity index (χ1) is 13.4. The molecule has 2 aliphatic rings. The highest BCUT2D eigenvalue weighted by Crippen LogP contribution is 2.32. The molecule has 9 nitrogen and oxygen atoms in total. The van der Waals surface area contributed by atoms with E-state index in [9.17, 15) is 9.59 Å². The van der Waals surface area contributed by atoms with Crippen molar-refractivity contribution in [1.29, 1.82) is 0 Å². The molecule has 1 fully saturated rings. The zero-order valence-corrected chi connectivity index (χ0v) is 16.4. The first kappa shape index (κ1) is 18.4. The number of carbonyl (C=O) groups excluding carboxylic acids is 2. The third-order valence-electron chi connectivity index (χ3n) is 5.19. The number of esters is 1. The summed E-state index contributed by atoms with van der Waals surface area (Å²) in [5.41, 5.74) is 3.39. The molecule has 28 heavy (non-hydrogen) atoms. The first-order valence-corrected chi connectivity index (χ1v) is 9.47. The number of amides is 1. The molecule has 0 aliphatic carbocycles. The maximum absolute atomic E-state index is 11.8. The molecule has 1 unspecified atom stereocenters. The first-order valence-electron chi connectivity index (χ1n) is 9.47. The topological polar surface area (TPSA) is 93.5 Å². The molecule has 4 rings (SSSR count). The van der Waals surface area contributed by atoms with Gasteiger partial charge in [0.1, 0.15) is 11.8 Å². The van der Waals surface area contributed by atoms with Crippen LogP contribution in [-0.4, -0.2) is 62.3 Å². The number of fused-ring (bicyclic) bond motifs is 1. The Labute approximate surface area is 163 Å². The van der Waals surface area contributed by atoms with Gasteiger partial charge in [0.05, 0.1) is 30.7 Å². The van der Waals surface area contributed by atoms with Crippen LogP contribution in [0.1, 0.15) is 31.7 Å². The van der Waals surface area contributed by atoms with Crippen molar-refractivity contribution in [1.82, 2.24) is 24.6 Å². The number of carbonyl (C=O) groups is 2. The normalized spacial score (nSPS) is 18.9. The van der Waals surface area contributed by atoms with E-state index in [0.717, 1.165) is 41.4 Å². The third-order valence-corrected chi connectivity index (χ3v) is 5.19. The largest absolute Gasteiger partial charge is 0.461 e. The number of aryl methyl sites for hydroxylation is 1. The van der Waals surface area contributed by atoms with E-state index in [4.69, 9.17) is 14.7 Å². The summed E-state index contributed by atoms with van der Waals surface area (Å²) in [6.45, 7) is 5.48. The number of hydrogen-bond donors (Lipinski definition) is 0. The number of ether oxygens (including phenoxy) is 1. The van der Waals surface area contributed by atoms with Crippen molar-refractivity contribution in [2.75, 3.05) is 24.5 Å². The minimum Gasteiger partial charge on any atom is -0.461 e. The predicted octanol–water partition coefficient (Wildman–Crippen LogP) is 0.923. The Kier molecular flexibility index (Phi) is 4.74. The SMILES string of the molecule is CC(=O)OC1CCN(c2nc3c(nc2-c2cnn(C)c2)CN(C(C)=O)CC3)C1. The van der Waals surface area contributed by atoms with Crippen molar-refractivity contribution in [3.05, 3.63) is 23.8 Å². The number of hydrogen-bond acceptors (Lipinski definition) is 7. The zero-order chi connectivity index (χ0) is 19.8. The van der Waals surface area contributed by atoms with Crippen LogP contribution in [0.5, 0.6) is 0 Å². The lowest BCUT2D eigenvalue weighted by Gasteiger charge is -2.29. The van der Waals surface area contributed by atoms with Crippen LogP contribution in [-0.2, 0) is 34.3 Å². The average Bonchev–Trinajstić information content (AvgIpc) is 3.28. The standard InChI is InChI=1S/C19H24N6O3/c1-12(26)24-7-5-16-17(11-24)21-18(14-8-20-23(3)9-14)19(22-16)25-6-4-15(10-25)28-13(2)27/h8-9,15H,4-7,10-11H2,1-3H3. The van der Waals surface area contributed by atoms with Crippen LogP contribution in [0.2, 0.25) is 0 Å². The lowest BCUT2D eigenvalue weighted by Crippen LogP contribution is -2.36. The van der Waals surface area contributed by atoms with Gasteiger partial charge in [-0.15, -0.1) is 0 Å². The van der Waals surface area contributed by atoms with Gasteiger partial charge in [-0.25, -0.2) is 9.97 Å². The molecule has 0 bridgehead atoms. The van der Waals surface area contributed by atoms with Crippen molar-refractivity contribution < 1.29 is 14.3 Å². The maximum atomic E-state index is 11.8. The number of anilines is 1. The third kappa shape index (κ3) is 3.56.